The predicted octanol–water partition coefficient (Wildman–Crippen LogP) is -0.269. The largest absolute Gasteiger partial charge is 0.481 e. The van der Waals surface area contributed by atoms with Gasteiger partial charge in [0.25, 0.3) is 0 Å². The van der Waals surface area contributed by atoms with Gasteiger partial charge >= 0.3 is 5.97 Å². The molecule has 0 spiro atoms. The van der Waals surface area contributed by atoms with E-state index in [0.29, 0.717) is 6.54 Å². The number of carboxylic acids is 1. The summed E-state index contributed by atoms with van der Waals surface area (Å²) in [6.07, 6.45) is 3.53. The Hall–Kier alpha value is -3.05. The van der Waals surface area contributed by atoms with E-state index in [-0.39, 0.29) is 76.0 Å². The van der Waals surface area contributed by atoms with E-state index in [9.17, 15) is 19.2 Å². The summed E-state index contributed by atoms with van der Waals surface area (Å²) in [5.41, 5.74) is 0.815. The van der Waals surface area contributed by atoms with Gasteiger partial charge in [0.05, 0.1) is 44.8 Å². The molecule has 1 fully saturated rings. The highest BCUT2D eigenvalue weighted by molar-refractivity contribution is 5.90. The van der Waals surface area contributed by atoms with E-state index in [0.717, 1.165) is 5.56 Å². The van der Waals surface area contributed by atoms with Gasteiger partial charge in [0.15, 0.2) is 0 Å². The topological polar surface area (TPSA) is 147 Å². The molecular formula is C21H30N4O7. The Bertz CT molecular complexity index is 775. The van der Waals surface area contributed by atoms with Crippen LogP contribution < -0.4 is 10.6 Å². The number of aromatic nitrogens is 1. The Kier molecular flexibility index (Phi) is 10.5. The van der Waals surface area contributed by atoms with Crippen molar-refractivity contribution in [2.24, 2.45) is 5.92 Å². The van der Waals surface area contributed by atoms with Crippen LogP contribution in [0.25, 0.3) is 0 Å². The molecule has 0 saturated carbocycles. The minimum absolute atomic E-state index is 0.0732. The van der Waals surface area contributed by atoms with Crippen LogP contribution in [0.5, 0.6) is 0 Å². The molecule has 3 N–H and O–H groups in total. The van der Waals surface area contributed by atoms with Crippen LogP contribution in [-0.2, 0) is 28.7 Å². The molecule has 2 atom stereocenters. The number of hydrogen-bond acceptors (Lipinski definition) is 7. The summed E-state index contributed by atoms with van der Waals surface area (Å²) >= 11 is 0. The monoisotopic (exact) mass is 450 g/mol. The zero-order chi connectivity index (χ0) is 23.3. The minimum atomic E-state index is -0.931. The van der Waals surface area contributed by atoms with Crippen LogP contribution in [0, 0.1) is 5.92 Å². The molecule has 1 aromatic heterocycles. The maximum Gasteiger partial charge on any atom is 0.305 e. The molecule has 0 aromatic carbocycles. The maximum atomic E-state index is 12.6. The van der Waals surface area contributed by atoms with Crippen molar-refractivity contribution in [3.63, 3.8) is 0 Å². The van der Waals surface area contributed by atoms with Crippen LogP contribution in [0.1, 0.15) is 30.9 Å². The van der Waals surface area contributed by atoms with E-state index in [1.54, 1.807) is 30.4 Å². The summed E-state index contributed by atoms with van der Waals surface area (Å²) in [5.74, 6) is -1.95. The molecule has 2 heterocycles. The van der Waals surface area contributed by atoms with Crippen LogP contribution in [0.2, 0.25) is 0 Å². The number of nitrogens with zero attached hydrogens (tertiary/aromatic N) is 2. The lowest BCUT2D eigenvalue weighted by Crippen LogP contribution is -2.36. The summed E-state index contributed by atoms with van der Waals surface area (Å²) in [4.78, 5) is 52.4. The second-order valence-corrected chi connectivity index (χ2v) is 7.31. The molecule has 176 valence electrons. The highest BCUT2D eigenvalue weighted by Gasteiger charge is 2.42. The second kappa shape index (κ2) is 13.4. The standard InChI is InChI=1S/C21H30N4O7/c1-25-18(27)13-16(20(25)15-3-2-6-22-14-15)21(30)24-8-12-31-9-4-17(26)23-7-11-32-10-5-19(28)29/h2-3,6,14,16,20H,4-5,7-13H2,1H3,(H,23,26)(H,24,30)(H,28,29)/t16-,20+/m0/s1. The summed E-state index contributed by atoms with van der Waals surface area (Å²) < 4.78 is 10.5. The van der Waals surface area contributed by atoms with Gasteiger partial charge in [-0.2, -0.15) is 0 Å². The highest BCUT2D eigenvalue weighted by Crippen LogP contribution is 2.36. The van der Waals surface area contributed by atoms with Crippen molar-refractivity contribution in [3.05, 3.63) is 30.1 Å². The number of pyridine rings is 1. The third-order valence-electron chi connectivity index (χ3n) is 5.00. The van der Waals surface area contributed by atoms with Gasteiger partial charge in [0, 0.05) is 45.4 Å². The molecule has 32 heavy (non-hydrogen) atoms. The van der Waals surface area contributed by atoms with Crippen LogP contribution >= 0.6 is 0 Å². The zero-order valence-electron chi connectivity index (χ0n) is 18.1. The number of ether oxygens (including phenoxy) is 2. The Morgan fingerprint density at radius 3 is 2.47 bits per heavy atom. The maximum absolute atomic E-state index is 12.6. The first-order valence-corrected chi connectivity index (χ1v) is 10.5. The number of aliphatic carboxylic acids is 1. The van der Waals surface area contributed by atoms with Gasteiger partial charge in [-0.05, 0) is 11.6 Å². The second-order valence-electron chi connectivity index (χ2n) is 7.31. The van der Waals surface area contributed by atoms with Gasteiger partial charge in [0.2, 0.25) is 17.7 Å². The molecule has 1 aromatic rings. The summed E-state index contributed by atoms with van der Waals surface area (Å²) in [7, 11) is 1.68. The van der Waals surface area contributed by atoms with Gasteiger partial charge in [-0.15, -0.1) is 0 Å². The fraction of sp³-hybridized carbons (Fsp3) is 0.571. The van der Waals surface area contributed by atoms with E-state index in [1.807, 2.05) is 6.07 Å². The van der Waals surface area contributed by atoms with Crippen molar-refractivity contribution in [2.75, 3.05) is 46.6 Å². The van der Waals surface area contributed by atoms with Crippen molar-refractivity contribution in [2.45, 2.75) is 25.3 Å². The average molecular weight is 450 g/mol. The number of carbonyl (C=O) groups is 4. The van der Waals surface area contributed by atoms with Crippen molar-refractivity contribution in [1.29, 1.82) is 0 Å². The Morgan fingerprint density at radius 2 is 1.81 bits per heavy atom. The lowest BCUT2D eigenvalue weighted by molar-refractivity contribution is -0.138. The molecule has 11 nitrogen and oxygen atoms in total. The predicted molar refractivity (Wildman–Crippen MR) is 112 cm³/mol. The number of carboxylic acid groups (broad SMARTS) is 1. The van der Waals surface area contributed by atoms with Crippen molar-refractivity contribution >= 4 is 23.7 Å². The number of likely N-dealkylation sites (tertiary alicyclic amines) is 1. The van der Waals surface area contributed by atoms with Crippen molar-refractivity contribution < 1.29 is 33.8 Å². The number of amides is 3. The van der Waals surface area contributed by atoms with Crippen molar-refractivity contribution in [3.8, 4) is 0 Å². The van der Waals surface area contributed by atoms with Crippen LogP contribution in [0.15, 0.2) is 24.5 Å². The molecule has 0 bridgehead atoms. The molecule has 1 aliphatic rings. The molecule has 2 rings (SSSR count). The summed E-state index contributed by atoms with van der Waals surface area (Å²) in [5, 5.41) is 13.9. The molecule has 1 saturated heterocycles. The molecule has 0 aliphatic carbocycles. The summed E-state index contributed by atoms with van der Waals surface area (Å²) in [6.45, 7) is 1.35. The van der Waals surface area contributed by atoms with E-state index >= 15 is 0 Å². The third-order valence-corrected chi connectivity index (χ3v) is 5.00. The molecule has 1 aliphatic heterocycles. The molecular weight excluding hydrogens is 420 g/mol. The van der Waals surface area contributed by atoms with Gasteiger partial charge in [-0.1, -0.05) is 6.07 Å². The fourth-order valence-electron chi connectivity index (χ4n) is 3.37. The van der Waals surface area contributed by atoms with Gasteiger partial charge in [-0.3, -0.25) is 24.2 Å². The number of hydrogen-bond donors (Lipinski definition) is 3. The van der Waals surface area contributed by atoms with Crippen LogP contribution in [0.3, 0.4) is 0 Å². The van der Waals surface area contributed by atoms with Crippen LogP contribution in [-0.4, -0.2) is 85.2 Å². The Labute approximate surface area is 186 Å². The Balaban J connectivity index is 1.58. The lowest BCUT2D eigenvalue weighted by Gasteiger charge is -2.24. The van der Waals surface area contributed by atoms with E-state index in [4.69, 9.17) is 14.6 Å². The number of nitrogens with one attached hydrogen (secondary N) is 2. The first-order valence-electron chi connectivity index (χ1n) is 10.5. The highest BCUT2D eigenvalue weighted by atomic mass is 16.5. The molecule has 11 heteroatoms. The average Bonchev–Trinajstić information content (AvgIpc) is 3.07. The summed E-state index contributed by atoms with van der Waals surface area (Å²) in [6, 6.07) is 3.27. The van der Waals surface area contributed by atoms with Gasteiger partial charge < -0.3 is 30.1 Å². The Morgan fingerprint density at radius 1 is 1.12 bits per heavy atom. The van der Waals surface area contributed by atoms with Crippen LogP contribution in [0.4, 0.5) is 0 Å². The van der Waals surface area contributed by atoms with E-state index in [1.165, 1.54) is 0 Å². The number of carbonyl (C=O) groups excluding carboxylic acids is 3. The smallest absolute Gasteiger partial charge is 0.305 e. The fourth-order valence-corrected chi connectivity index (χ4v) is 3.37. The van der Waals surface area contributed by atoms with Gasteiger partial charge in [0.1, 0.15) is 0 Å². The molecule has 0 radical (unpaired) electrons. The molecule has 3 amide bonds. The van der Waals surface area contributed by atoms with Crippen molar-refractivity contribution in [1.82, 2.24) is 20.5 Å². The first-order chi connectivity index (χ1) is 15.4. The quantitative estimate of drug-likeness (QED) is 0.328. The third kappa shape index (κ3) is 8.23. The van der Waals surface area contributed by atoms with E-state index in [2.05, 4.69) is 15.6 Å². The normalized spacial score (nSPS) is 17.9. The van der Waals surface area contributed by atoms with E-state index < -0.39 is 11.9 Å². The van der Waals surface area contributed by atoms with Gasteiger partial charge in [-0.25, -0.2) is 0 Å². The first kappa shape index (κ1) is 25.2. The number of rotatable bonds is 14. The zero-order valence-corrected chi connectivity index (χ0v) is 18.1. The minimum Gasteiger partial charge on any atom is -0.481 e. The SMILES string of the molecule is CN1C(=O)C[C@H](C(=O)NCCOCCC(=O)NCCOCCC(=O)O)[C@H]1c1cccnc1. The molecule has 0 unspecified atom stereocenters. The lowest BCUT2D eigenvalue weighted by atomic mass is 9.94.